The minimum Gasteiger partial charge on any atom is -0.294 e. The van der Waals surface area contributed by atoms with Gasteiger partial charge in [0.1, 0.15) is 0 Å². The van der Waals surface area contributed by atoms with Crippen molar-refractivity contribution in [3.8, 4) is 0 Å². The minimum atomic E-state index is 0.316. The topological polar surface area (TPSA) is 17.1 Å². The van der Waals surface area contributed by atoms with Crippen molar-refractivity contribution >= 4 is 5.78 Å². The Morgan fingerprint density at radius 3 is 2.62 bits per heavy atom. The SMILES string of the molecule is CC1CC1C(=O)c1cccc(C2CCC2)c1. The Bertz CT molecular complexity index is 417. The van der Waals surface area contributed by atoms with E-state index in [1.165, 1.54) is 24.8 Å². The van der Waals surface area contributed by atoms with Gasteiger partial charge in [-0.2, -0.15) is 0 Å². The Kier molecular flexibility index (Phi) is 2.34. The second-order valence-corrected chi connectivity index (χ2v) is 5.44. The van der Waals surface area contributed by atoms with Crippen LogP contribution in [0, 0.1) is 11.8 Å². The minimum absolute atomic E-state index is 0.316. The van der Waals surface area contributed by atoms with Crippen LogP contribution in [0.2, 0.25) is 0 Å². The number of carbonyl (C=O) groups excluding carboxylic acids is 1. The second kappa shape index (κ2) is 3.73. The molecule has 0 heterocycles. The zero-order chi connectivity index (χ0) is 11.1. The van der Waals surface area contributed by atoms with E-state index < -0.39 is 0 Å². The molecule has 0 saturated heterocycles. The smallest absolute Gasteiger partial charge is 0.166 e. The first-order chi connectivity index (χ1) is 7.75. The highest BCUT2D eigenvalue weighted by molar-refractivity contribution is 5.99. The number of hydrogen-bond donors (Lipinski definition) is 0. The van der Waals surface area contributed by atoms with Crippen LogP contribution in [0.25, 0.3) is 0 Å². The monoisotopic (exact) mass is 214 g/mol. The van der Waals surface area contributed by atoms with Crippen molar-refractivity contribution in [3.63, 3.8) is 0 Å². The van der Waals surface area contributed by atoms with Crippen molar-refractivity contribution in [2.24, 2.45) is 11.8 Å². The van der Waals surface area contributed by atoms with Crippen LogP contribution in [-0.4, -0.2) is 5.78 Å². The highest BCUT2D eigenvalue weighted by atomic mass is 16.1. The summed E-state index contributed by atoms with van der Waals surface area (Å²) in [5.41, 5.74) is 2.32. The zero-order valence-electron chi connectivity index (χ0n) is 9.78. The molecule has 84 valence electrons. The lowest BCUT2D eigenvalue weighted by atomic mass is 9.79. The molecule has 0 radical (unpaired) electrons. The number of rotatable bonds is 3. The van der Waals surface area contributed by atoms with Gasteiger partial charge in [-0.1, -0.05) is 31.5 Å². The Morgan fingerprint density at radius 1 is 1.31 bits per heavy atom. The van der Waals surface area contributed by atoms with Gasteiger partial charge in [0.2, 0.25) is 0 Å². The van der Waals surface area contributed by atoms with Crippen molar-refractivity contribution in [1.29, 1.82) is 0 Å². The van der Waals surface area contributed by atoms with Crippen molar-refractivity contribution in [2.75, 3.05) is 0 Å². The van der Waals surface area contributed by atoms with Crippen molar-refractivity contribution in [1.82, 2.24) is 0 Å². The molecule has 0 aromatic heterocycles. The van der Waals surface area contributed by atoms with E-state index in [1.807, 2.05) is 12.1 Å². The molecular weight excluding hydrogens is 196 g/mol. The summed E-state index contributed by atoms with van der Waals surface area (Å²) >= 11 is 0. The third-order valence-corrected chi connectivity index (χ3v) is 4.19. The quantitative estimate of drug-likeness (QED) is 0.699. The molecule has 0 N–H and O–H groups in total. The first-order valence-corrected chi connectivity index (χ1v) is 6.40. The molecule has 3 rings (SSSR count). The van der Waals surface area contributed by atoms with Crippen molar-refractivity contribution in [2.45, 2.75) is 38.5 Å². The van der Waals surface area contributed by atoms with E-state index >= 15 is 0 Å². The van der Waals surface area contributed by atoms with E-state index in [-0.39, 0.29) is 0 Å². The van der Waals surface area contributed by atoms with Crippen molar-refractivity contribution in [3.05, 3.63) is 35.4 Å². The van der Waals surface area contributed by atoms with Gasteiger partial charge in [0.15, 0.2) is 5.78 Å². The van der Waals surface area contributed by atoms with Crippen LogP contribution in [0.15, 0.2) is 24.3 Å². The van der Waals surface area contributed by atoms with Gasteiger partial charge >= 0.3 is 0 Å². The van der Waals surface area contributed by atoms with Crippen LogP contribution < -0.4 is 0 Å². The number of hydrogen-bond acceptors (Lipinski definition) is 1. The van der Waals surface area contributed by atoms with Gasteiger partial charge in [-0.15, -0.1) is 0 Å². The fourth-order valence-electron chi connectivity index (χ4n) is 2.59. The summed E-state index contributed by atoms with van der Waals surface area (Å²) < 4.78 is 0. The molecule has 2 aliphatic carbocycles. The van der Waals surface area contributed by atoms with Gasteiger partial charge in [0.25, 0.3) is 0 Å². The third kappa shape index (κ3) is 1.68. The maximum atomic E-state index is 12.1. The van der Waals surface area contributed by atoms with Gasteiger partial charge in [0.05, 0.1) is 0 Å². The molecule has 2 fully saturated rings. The number of carbonyl (C=O) groups is 1. The molecule has 2 aliphatic rings. The summed E-state index contributed by atoms with van der Waals surface area (Å²) in [7, 11) is 0. The summed E-state index contributed by atoms with van der Waals surface area (Å²) in [4.78, 5) is 12.1. The molecule has 2 unspecified atom stereocenters. The van der Waals surface area contributed by atoms with Gasteiger partial charge in [0, 0.05) is 11.5 Å². The molecule has 1 aromatic rings. The average molecular weight is 214 g/mol. The highest BCUT2D eigenvalue weighted by Crippen LogP contribution is 2.41. The second-order valence-electron chi connectivity index (χ2n) is 5.44. The van der Waals surface area contributed by atoms with E-state index in [1.54, 1.807) is 0 Å². The molecule has 1 heteroatoms. The maximum absolute atomic E-state index is 12.1. The summed E-state index contributed by atoms with van der Waals surface area (Å²) in [5.74, 6) is 2.02. The van der Waals surface area contributed by atoms with Gasteiger partial charge in [-0.05, 0) is 42.7 Å². The molecule has 16 heavy (non-hydrogen) atoms. The number of benzene rings is 1. The van der Waals surface area contributed by atoms with Crippen LogP contribution in [0.5, 0.6) is 0 Å². The van der Waals surface area contributed by atoms with E-state index in [9.17, 15) is 4.79 Å². The molecular formula is C15H18O. The fraction of sp³-hybridized carbons (Fsp3) is 0.533. The first-order valence-electron chi connectivity index (χ1n) is 6.40. The lowest BCUT2D eigenvalue weighted by Crippen LogP contribution is -2.10. The Balaban J connectivity index is 1.81. The number of Topliss-reactive ketones (excluding diaryl/α,β-unsaturated/α-hetero) is 1. The van der Waals surface area contributed by atoms with E-state index in [4.69, 9.17) is 0 Å². The van der Waals surface area contributed by atoms with Crippen LogP contribution in [-0.2, 0) is 0 Å². The lowest BCUT2D eigenvalue weighted by Gasteiger charge is -2.26. The summed E-state index contributed by atoms with van der Waals surface area (Å²) in [5, 5.41) is 0. The molecule has 0 spiro atoms. The normalized spacial score (nSPS) is 28.6. The molecule has 2 saturated carbocycles. The zero-order valence-corrected chi connectivity index (χ0v) is 9.78. The standard InChI is InChI=1S/C15H18O/c1-10-8-14(10)15(16)13-7-3-6-12(9-13)11-4-2-5-11/h3,6-7,9-11,14H,2,4-5,8H2,1H3. The number of ketones is 1. The van der Waals surface area contributed by atoms with Crippen LogP contribution >= 0.6 is 0 Å². The van der Waals surface area contributed by atoms with Crippen LogP contribution in [0.4, 0.5) is 0 Å². The maximum Gasteiger partial charge on any atom is 0.166 e. The third-order valence-electron chi connectivity index (χ3n) is 4.19. The molecule has 0 bridgehead atoms. The Hall–Kier alpha value is -1.11. The average Bonchev–Trinajstić information content (AvgIpc) is 2.92. The van der Waals surface area contributed by atoms with E-state index in [0.29, 0.717) is 17.6 Å². The van der Waals surface area contributed by atoms with Crippen LogP contribution in [0.1, 0.15) is 54.4 Å². The summed E-state index contributed by atoms with van der Waals surface area (Å²) in [6.45, 7) is 2.17. The van der Waals surface area contributed by atoms with Gasteiger partial charge < -0.3 is 0 Å². The van der Waals surface area contributed by atoms with Crippen molar-refractivity contribution < 1.29 is 4.79 Å². The van der Waals surface area contributed by atoms with Gasteiger partial charge in [-0.3, -0.25) is 4.79 Å². The summed E-state index contributed by atoms with van der Waals surface area (Å²) in [6, 6.07) is 8.34. The summed E-state index contributed by atoms with van der Waals surface area (Å²) in [6.07, 6.45) is 5.05. The largest absolute Gasteiger partial charge is 0.294 e. The van der Waals surface area contributed by atoms with Crippen LogP contribution in [0.3, 0.4) is 0 Å². The lowest BCUT2D eigenvalue weighted by molar-refractivity contribution is 0.0962. The molecule has 1 aromatic carbocycles. The van der Waals surface area contributed by atoms with Gasteiger partial charge in [-0.25, -0.2) is 0 Å². The molecule has 0 amide bonds. The molecule has 1 nitrogen and oxygen atoms in total. The molecule has 0 aliphatic heterocycles. The Morgan fingerprint density at radius 2 is 2.06 bits per heavy atom. The fourth-order valence-corrected chi connectivity index (χ4v) is 2.59. The molecule has 2 atom stereocenters. The predicted molar refractivity (Wildman–Crippen MR) is 64.6 cm³/mol. The van der Waals surface area contributed by atoms with E-state index in [2.05, 4.69) is 19.1 Å². The van der Waals surface area contributed by atoms with E-state index in [0.717, 1.165) is 17.9 Å². The Labute approximate surface area is 96.9 Å². The first kappa shape index (κ1) is 10.1. The predicted octanol–water partition coefficient (Wildman–Crippen LogP) is 3.79. The highest BCUT2D eigenvalue weighted by Gasteiger charge is 2.39.